The molecule has 1 heterocycles. The van der Waals surface area contributed by atoms with Crippen molar-refractivity contribution in [3.8, 4) is 0 Å². The van der Waals surface area contributed by atoms with Crippen LogP contribution in [0.2, 0.25) is 5.02 Å². The van der Waals surface area contributed by atoms with Crippen molar-refractivity contribution in [3.05, 3.63) is 86.9 Å². The summed E-state index contributed by atoms with van der Waals surface area (Å²) in [7, 11) is 0. The quantitative estimate of drug-likeness (QED) is 0.206. The fraction of sp³-hybridized carbons (Fsp3) is 0.250. The Labute approximate surface area is 198 Å². The van der Waals surface area contributed by atoms with Gasteiger partial charge in [0.1, 0.15) is 6.54 Å². The topological polar surface area (TPSA) is 118 Å². The van der Waals surface area contributed by atoms with Gasteiger partial charge in [-0.2, -0.15) is 5.01 Å². The van der Waals surface area contributed by atoms with Crippen LogP contribution >= 0.6 is 11.6 Å². The Balaban J connectivity index is 1.52. The largest absolute Gasteiger partial charge is 0.292 e. The predicted octanol–water partition coefficient (Wildman–Crippen LogP) is 3.30. The van der Waals surface area contributed by atoms with Crippen molar-refractivity contribution in [2.75, 3.05) is 6.54 Å². The first-order valence-corrected chi connectivity index (χ1v) is 11.1. The highest BCUT2D eigenvalue weighted by Crippen LogP contribution is 2.52. The van der Waals surface area contributed by atoms with Gasteiger partial charge in [-0.05, 0) is 30.4 Å². The highest BCUT2D eigenvalue weighted by atomic mass is 35.5. The second-order valence-electron chi connectivity index (χ2n) is 8.56. The Bertz CT molecular complexity index is 1260. The number of nitro benzene ring substituents is 1. The molecular weight excluding hydrogens is 462 g/mol. The maximum Gasteiger partial charge on any atom is 0.274 e. The number of hydrogen-bond donors (Lipinski definition) is 0. The van der Waals surface area contributed by atoms with Crippen molar-refractivity contribution < 1.29 is 24.1 Å². The van der Waals surface area contributed by atoms with Gasteiger partial charge in [-0.15, -0.1) is 0 Å². The first-order valence-electron chi connectivity index (χ1n) is 10.7. The molecule has 2 aromatic rings. The molecule has 2 fully saturated rings. The standard InChI is InChI=1S/C24H18ClN3O6/c25-18-7-2-1-6-17(18)22(30)26(12-19(29)13-4-3-5-16(11-13)28(33)34)27-23(31)20-14-8-9-15(10-14)21(20)24(27)32/h1-9,11,14-15,20-21H,10,12H2/t14-,15-,20+,21+/m0/s1. The number of hydrazine groups is 1. The van der Waals surface area contributed by atoms with Crippen molar-refractivity contribution >= 4 is 40.8 Å². The van der Waals surface area contributed by atoms with Crippen molar-refractivity contribution in [2.45, 2.75) is 6.42 Å². The number of imide groups is 1. The average Bonchev–Trinajstić information content (AvgIpc) is 3.51. The Morgan fingerprint density at radius 1 is 1.03 bits per heavy atom. The minimum Gasteiger partial charge on any atom is -0.292 e. The second-order valence-corrected chi connectivity index (χ2v) is 8.97. The van der Waals surface area contributed by atoms with E-state index in [1.807, 2.05) is 12.2 Å². The van der Waals surface area contributed by atoms with Crippen molar-refractivity contribution in [1.29, 1.82) is 0 Å². The molecule has 2 bridgehead atoms. The molecule has 1 saturated carbocycles. The van der Waals surface area contributed by atoms with E-state index in [0.29, 0.717) is 6.42 Å². The third-order valence-electron chi connectivity index (χ3n) is 6.70. The van der Waals surface area contributed by atoms with E-state index in [1.165, 1.54) is 30.3 Å². The number of rotatable bonds is 6. The average molecular weight is 480 g/mol. The molecule has 0 unspecified atom stereocenters. The van der Waals surface area contributed by atoms with Crippen LogP contribution in [-0.2, 0) is 9.59 Å². The van der Waals surface area contributed by atoms with Gasteiger partial charge < -0.3 is 0 Å². The zero-order valence-electron chi connectivity index (χ0n) is 17.7. The summed E-state index contributed by atoms with van der Waals surface area (Å²) in [4.78, 5) is 63.8. The maximum atomic E-state index is 13.5. The van der Waals surface area contributed by atoms with Gasteiger partial charge in [0.15, 0.2) is 5.78 Å². The van der Waals surface area contributed by atoms with E-state index in [4.69, 9.17) is 11.6 Å². The van der Waals surface area contributed by atoms with Crippen LogP contribution in [0.5, 0.6) is 0 Å². The highest BCUT2D eigenvalue weighted by Gasteiger charge is 2.61. The monoisotopic (exact) mass is 479 g/mol. The summed E-state index contributed by atoms with van der Waals surface area (Å²) < 4.78 is 0. The first kappa shape index (κ1) is 22.0. The molecule has 4 atom stereocenters. The van der Waals surface area contributed by atoms with Crippen molar-refractivity contribution in [1.82, 2.24) is 10.0 Å². The number of nitro groups is 1. The normalized spacial score (nSPS) is 24.4. The highest BCUT2D eigenvalue weighted by molar-refractivity contribution is 6.34. The van der Waals surface area contributed by atoms with Gasteiger partial charge in [0, 0.05) is 17.7 Å². The SMILES string of the molecule is O=C(CN(C(=O)c1ccccc1Cl)N1C(=O)[C@H]2[C@H](C1=O)[C@H]1C=C[C@H]2C1)c1cccc([N+](=O)[O-])c1. The second kappa shape index (κ2) is 8.18. The number of carbonyl (C=O) groups excluding carboxylic acids is 4. The van der Waals surface area contributed by atoms with E-state index in [1.54, 1.807) is 12.1 Å². The van der Waals surface area contributed by atoms with Gasteiger partial charge >= 0.3 is 0 Å². The Hall–Kier alpha value is -3.85. The molecule has 0 radical (unpaired) electrons. The van der Waals surface area contributed by atoms with Gasteiger partial charge in [-0.1, -0.05) is 48.0 Å². The van der Waals surface area contributed by atoms with Crippen LogP contribution in [0.1, 0.15) is 27.1 Å². The number of benzene rings is 2. The molecule has 34 heavy (non-hydrogen) atoms. The van der Waals surface area contributed by atoms with E-state index in [9.17, 15) is 29.3 Å². The fourth-order valence-electron chi connectivity index (χ4n) is 5.15. The molecule has 9 nitrogen and oxygen atoms in total. The lowest BCUT2D eigenvalue weighted by Crippen LogP contribution is -2.52. The van der Waals surface area contributed by atoms with E-state index in [0.717, 1.165) is 16.1 Å². The summed E-state index contributed by atoms with van der Waals surface area (Å²) in [6.45, 7) is -0.662. The zero-order chi connectivity index (χ0) is 24.1. The molecule has 2 aliphatic carbocycles. The summed E-state index contributed by atoms with van der Waals surface area (Å²) >= 11 is 6.20. The first-order chi connectivity index (χ1) is 16.3. The third-order valence-corrected chi connectivity index (χ3v) is 7.03. The van der Waals surface area contributed by atoms with E-state index < -0.39 is 46.8 Å². The van der Waals surface area contributed by atoms with Crippen LogP contribution in [0.4, 0.5) is 5.69 Å². The summed E-state index contributed by atoms with van der Waals surface area (Å²) in [6.07, 6.45) is 4.57. The van der Waals surface area contributed by atoms with Crippen LogP contribution in [0, 0.1) is 33.8 Å². The number of fused-ring (bicyclic) bond motifs is 5. The molecule has 172 valence electrons. The van der Waals surface area contributed by atoms with Gasteiger partial charge in [-0.25, -0.2) is 5.01 Å². The summed E-state index contributed by atoms with van der Waals surface area (Å²) in [5.41, 5.74) is -0.290. The van der Waals surface area contributed by atoms with Gasteiger partial charge in [0.25, 0.3) is 23.4 Å². The number of halogens is 1. The van der Waals surface area contributed by atoms with E-state index in [2.05, 4.69) is 0 Å². The number of nitrogens with zero attached hydrogens (tertiary/aromatic N) is 3. The maximum absolute atomic E-state index is 13.5. The van der Waals surface area contributed by atoms with Crippen LogP contribution in [0.3, 0.4) is 0 Å². The Morgan fingerprint density at radius 2 is 1.68 bits per heavy atom. The number of non-ortho nitro benzene ring substituents is 1. The molecule has 0 spiro atoms. The van der Waals surface area contributed by atoms with Gasteiger partial charge in [0.05, 0.1) is 27.3 Å². The van der Waals surface area contributed by atoms with Crippen molar-refractivity contribution in [2.24, 2.45) is 23.7 Å². The van der Waals surface area contributed by atoms with E-state index >= 15 is 0 Å². The zero-order valence-corrected chi connectivity index (χ0v) is 18.4. The van der Waals surface area contributed by atoms with E-state index in [-0.39, 0.29) is 33.7 Å². The fourth-order valence-corrected chi connectivity index (χ4v) is 5.37. The van der Waals surface area contributed by atoms with Gasteiger partial charge in [0.2, 0.25) is 0 Å². The summed E-state index contributed by atoms with van der Waals surface area (Å²) in [5, 5.41) is 12.8. The lowest BCUT2D eigenvalue weighted by atomic mass is 9.85. The Kier molecular flexibility index (Phi) is 5.28. The number of Topliss-reactive ketones (excluding diaryl/α,β-unsaturated/α-hetero) is 1. The number of carbonyl (C=O) groups is 4. The molecule has 1 aliphatic heterocycles. The number of allylic oxidation sites excluding steroid dienone is 2. The van der Waals surface area contributed by atoms with Gasteiger partial charge in [-0.3, -0.25) is 29.3 Å². The predicted molar refractivity (Wildman–Crippen MR) is 119 cm³/mol. The lowest BCUT2D eigenvalue weighted by Gasteiger charge is -2.31. The van der Waals surface area contributed by atoms with Crippen molar-refractivity contribution in [3.63, 3.8) is 0 Å². The molecule has 10 heteroatoms. The summed E-state index contributed by atoms with van der Waals surface area (Å²) in [5.74, 6) is -3.82. The van der Waals surface area contributed by atoms with Crippen LogP contribution in [0.25, 0.3) is 0 Å². The molecule has 1 saturated heterocycles. The number of ketones is 1. The molecule has 2 aromatic carbocycles. The minimum absolute atomic E-state index is 0.0211. The molecular formula is C24H18ClN3O6. The summed E-state index contributed by atoms with van der Waals surface area (Å²) in [6, 6.07) is 11.2. The molecule has 3 amide bonds. The van der Waals surface area contributed by atoms with Crippen LogP contribution in [-0.4, -0.2) is 45.0 Å². The number of hydrogen-bond acceptors (Lipinski definition) is 6. The molecule has 0 N–H and O–H groups in total. The van der Waals surface area contributed by atoms with Crippen LogP contribution < -0.4 is 0 Å². The molecule has 3 aliphatic rings. The number of amides is 3. The lowest BCUT2D eigenvalue weighted by molar-refractivity contribution is -0.384. The molecule has 0 aromatic heterocycles. The van der Waals surface area contributed by atoms with Crippen LogP contribution in [0.15, 0.2) is 60.7 Å². The smallest absolute Gasteiger partial charge is 0.274 e. The molecule has 5 rings (SSSR count). The minimum atomic E-state index is -0.786. The third kappa shape index (κ3) is 3.40. The Morgan fingerprint density at radius 3 is 2.29 bits per heavy atom.